The first kappa shape index (κ1) is 13.6. The highest BCUT2D eigenvalue weighted by molar-refractivity contribution is 7.89. The van der Waals surface area contributed by atoms with Gasteiger partial charge in [-0.2, -0.15) is 0 Å². The summed E-state index contributed by atoms with van der Waals surface area (Å²) in [5.74, 6) is 0. The van der Waals surface area contributed by atoms with E-state index in [0.717, 1.165) is 5.56 Å². The van der Waals surface area contributed by atoms with E-state index in [2.05, 4.69) is 10.0 Å². The zero-order chi connectivity index (χ0) is 13.9. The number of nitrogens with one attached hydrogen (secondary N) is 2. The minimum atomic E-state index is -3.73. The van der Waals surface area contributed by atoms with E-state index in [1.54, 1.807) is 18.2 Å². The van der Waals surface area contributed by atoms with Crippen LogP contribution in [-0.2, 0) is 16.6 Å². The van der Waals surface area contributed by atoms with Gasteiger partial charge in [-0.15, -0.1) is 0 Å². The second kappa shape index (κ2) is 5.43. The number of hydrogen-bond donors (Lipinski definition) is 4. The van der Waals surface area contributed by atoms with Gasteiger partial charge in [0.25, 0.3) is 10.0 Å². The molecule has 6 nitrogen and oxygen atoms in total. The van der Waals surface area contributed by atoms with Crippen molar-refractivity contribution < 1.29 is 13.5 Å². The van der Waals surface area contributed by atoms with Crippen LogP contribution >= 0.6 is 0 Å². The van der Waals surface area contributed by atoms with E-state index in [-0.39, 0.29) is 17.1 Å². The van der Waals surface area contributed by atoms with Gasteiger partial charge in [0.2, 0.25) is 0 Å². The molecule has 1 atom stereocenters. The molecule has 0 radical (unpaired) electrons. The Morgan fingerprint density at radius 1 is 1.42 bits per heavy atom. The fraction of sp³-hybridized carbons (Fsp3) is 0.167. The largest absolute Gasteiger partial charge is 0.368 e. The van der Waals surface area contributed by atoms with Crippen molar-refractivity contribution in [1.82, 2.24) is 10.0 Å². The van der Waals surface area contributed by atoms with Crippen LogP contribution in [0.2, 0.25) is 0 Å². The van der Waals surface area contributed by atoms with Gasteiger partial charge in [0, 0.05) is 6.54 Å². The van der Waals surface area contributed by atoms with Gasteiger partial charge >= 0.3 is 0 Å². The van der Waals surface area contributed by atoms with Crippen LogP contribution in [0.25, 0.3) is 0 Å². The van der Waals surface area contributed by atoms with Gasteiger partial charge < -0.3 is 16.2 Å². The number of rotatable bonds is 4. The second-order valence-electron chi connectivity index (χ2n) is 4.01. The van der Waals surface area contributed by atoms with Gasteiger partial charge in [-0.1, -0.05) is 12.1 Å². The highest BCUT2D eigenvalue weighted by atomic mass is 32.2. The highest BCUT2D eigenvalue weighted by Gasteiger charge is 2.20. The van der Waals surface area contributed by atoms with Gasteiger partial charge in [0.05, 0.1) is 10.6 Å². The van der Waals surface area contributed by atoms with Crippen molar-refractivity contribution in [3.05, 3.63) is 53.9 Å². The van der Waals surface area contributed by atoms with Crippen molar-refractivity contribution in [2.24, 2.45) is 5.73 Å². The molecule has 0 spiro atoms. The third-order valence-electron chi connectivity index (χ3n) is 2.62. The molecule has 1 aromatic carbocycles. The van der Waals surface area contributed by atoms with Gasteiger partial charge in [-0.3, -0.25) is 4.72 Å². The van der Waals surface area contributed by atoms with Crippen LogP contribution in [0.15, 0.2) is 53.2 Å². The molecule has 0 saturated carbocycles. The topological polar surface area (TPSA) is 104 Å². The lowest BCUT2D eigenvalue weighted by Crippen LogP contribution is -2.37. The molecule has 0 fully saturated rings. The molecule has 19 heavy (non-hydrogen) atoms. The summed E-state index contributed by atoms with van der Waals surface area (Å²) in [5.41, 5.74) is 6.37. The van der Waals surface area contributed by atoms with Crippen LogP contribution in [0.1, 0.15) is 5.56 Å². The lowest BCUT2D eigenvalue weighted by atomic mass is 10.2. The van der Waals surface area contributed by atoms with Crippen molar-refractivity contribution in [1.29, 1.82) is 0 Å². The molecule has 5 N–H and O–H groups in total. The molecule has 0 bridgehead atoms. The fourth-order valence-electron chi connectivity index (χ4n) is 1.62. The normalized spacial score (nSPS) is 18.6. The maximum absolute atomic E-state index is 12.2. The Bertz CT molecular complexity index is 623. The first-order valence-corrected chi connectivity index (χ1v) is 7.14. The first-order chi connectivity index (χ1) is 9.03. The summed E-state index contributed by atoms with van der Waals surface area (Å²) >= 11 is 0. The third kappa shape index (κ3) is 3.14. The lowest BCUT2D eigenvalue weighted by Gasteiger charge is -2.19. The number of nitrogens with two attached hydrogens (primary N) is 1. The molecule has 102 valence electrons. The average Bonchev–Trinajstić information content (AvgIpc) is 2.41. The standard InChI is InChI=1S/C12H15N3O3S/c13-8-9-3-1-4-10(7-9)19(17,18)15-11-5-2-6-14-12(11)16/h1-7,12,14-16H,8,13H2. The molecule has 7 heteroatoms. The number of hydrogen-bond acceptors (Lipinski definition) is 5. The Morgan fingerprint density at radius 2 is 2.21 bits per heavy atom. The number of allylic oxidation sites excluding steroid dienone is 2. The van der Waals surface area contributed by atoms with Crippen molar-refractivity contribution in [2.45, 2.75) is 17.7 Å². The summed E-state index contributed by atoms with van der Waals surface area (Å²) in [7, 11) is -3.73. The highest BCUT2D eigenvalue weighted by Crippen LogP contribution is 2.13. The summed E-state index contributed by atoms with van der Waals surface area (Å²) in [5, 5.41) is 12.2. The third-order valence-corrected chi connectivity index (χ3v) is 4.00. The van der Waals surface area contributed by atoms with E-state index in [4.69, 9.17) is 5.73 Å². The van der Waals surface area contributed by atoms with Crippen LogP contribution in [-0.4, -0.2) is 19.8 Å². The van der Waals surface area contributed by atoms with E-state index >= 15 is 0 Å². The van der Waals surface area contributed by atoms with E-state index < -0.39 is 16.3 Å². The summed E-state index contributed by atoms with van der Waals surface area (Å²) in [6.07, 6.45) is 3.54. The van der Waals surface area contributed by atoms with E-state index in [1.165, 1.54) is 24.4 Å². The summed E-state index contributed by atoms with van der Waals surface area (Å²) in [6.45, 7) is 0.263. The van der Waals surface area contributed by atoms with Gasteiger partial charge in [-0.05, 0) is 36.0 Å². The van der Waals surface area contributed by atoms with Crippen molar-refractivity contribution in [2.75, 3.05) is 0 Å². The first-order valence-electron chi connectivity index (χ1n) is 5.65. The maximum Gasteiger partial charge on any atom is 0.261 e. The smallest absolute Gasteiger partial charge is 0.261 e. The fourth-order valence-corrected chi connectivity index (χ4v) is 2.80. The minimum Gasteiger partial charge on any atom is -0.368 e. The van der Waals surface area contributed by atoms with Gasteiger partial charge in [-0.25, -0.2) is 8.42 Å². The van der Waals surface area contributed by atoms with Crippen molar-refractivity contribution in [3.63, 3.8) is 0 Å². The Kier molecular flexibility index (Phi) is 3.89. The molecule has 0 saturated heterocycles. The average molecular weight is 281 g/mol. The summed E-state index contributed by atoms with van der Waals surface area (Å²) in [4.78, 5) is 0.109. The predicted molar refractivity (Wildman–Crippen MR) is 71.0 cm³/mol. The lowest BCUT2D eigenvalue weighted by molar-refractivity contribution is 0.183. The monoisotopic (exact) mass is 281 g/mol. The van der Waals surface area contributed by atoms with Crippen LogP contribution in [0.3, 0.4) is 0 Å². The van der Waals surface area contributed by atoms with Crippen LogP contribution in [0.5, 0.6) is 0 Å². The molecule has 1 unspecified atom stereocenters. The molecular weight excluding hydrogens is 266 g/mol. The molecule has 1 aromatic rings. The number of aliphatic hydroxyl groups is 1. The zero-order valence-electron chi connectivity index (χ0n) is 10.1. The predicted octanol–water partition coefficient (Wildman–Crippen LogP) is -0.257. The Hall–Kier alpha value is -1.83. The Balaban J connectivity index is 2.27. The number of aliphatic hydroxyl groups excluding tert-OH is 1. The van der Waals surface area contributed by atoms with E-state index in [9.17, 15) is 13.5 Å². The quantitative estimate of drug-likeness (QED) is 0.609. The molecule has 2 rings (SSSR count). The maximum atomic E-state index is 12.2. The molecule has 1 heterocycles. The molecule has 0 aromatic heterocycles. The van der Waals surface area contributed by atoms with Gasteiger partial charge in [0.15, 0.2) is 6.23 Å². The molecule has 1 aliphatic rings. The van der Waals surface area contributed by atoms with Crippen LogP contribution in [0.4, 0.5) is 0 Å². The van der Waals surface area contributed by atoms with E-state index in [0.29, 0.717) is 0 Å². The molecule has 0 amide bonds. The Labute approximate surface area is 111 Å². The molecule has 1 aliphatic heterocycles. The van der Waals surface area contributed by atoms with Crippen LogP contribution < -0.4 is 15.8 Å². The molecular formula is C12H15N3O3S. The number of dihydropyridines is 1. The van der Waals surface area contributed by atoms with Crippen molar-refractivity contribution in [3.8, 4) is 0 Å². The van der Waals surface area contributed by atoms with Crippen LogP contribution in [0, 0.1) is 0 Å². The van der Waals surface area contributed by atoms with Gasteiger partial charge in [0.1, 0.15) is 0 Å². The van der Waals surface area contributed by atoms with Crippen molar-refractivity contribution >= 4 is 10.0 Å². The summed E-state index contributed by atoms with van der Waals surface area (Å²) in [6, 6.07) is 6.35. The SMILES string of the molecule is NCc1cccc(S(=O)(=O)NC2=CC=CNC2O)c1. The Morgan fingerprint density at radius 3 is 2.89 bits per heavy atom. The van der Waals surface area contributed by atoms with E-state index in [1.807, 2.05) is 0 Å². The minimum absolute atomic E-state index is 0.109. The second-order valence-corrected chi connectivity index (χ2v) is 5.69. The summed E-state index contributed by atoms with van der Waals surface area (Å²) < 4.78 is 26.7. The molecule has 0 aliphatic carbocycles. The zero-order valence-corrected chi connectivity index (χ0v) is 10.9. The number of sulfonamides is 1. The number of benzene rings is 1.